The van der Waals surface area contributed by atoms with Crippen LogP contribution in [-0.2, 0) is 14.2 Å². The molecule has 2 aliphatic heterocycles. The molecule has 10 atom stereocenters. The molecule has 7 N–H and O–H groups in total. The topological polar surface area (TPSA) is 231 Å². The van der Waals surface area contributed by atoms with Gasteiger partial charge in [-0.1, -0.05) is 0 Å². The van der Waals surface area contributed by atoms with Gasteiger partial charge in [0.15, 0.2) is 12.1 Å². The monoisotopic (exact) mass is 622 g/mol. The summed E-state index contributed by atoms with van der Waals surface area (Å²) in [7, 11) is 2.70. The molecule has 2 saturated heterocycles. The van der Waals surface area contributed by atoms with Gasteiger partial charge in [-0.15, -0.1) is 0 Å². The molecule has 1 aliphatic carbocycles. The molecule has 0 radical (unpaired) electrons. The molecule has 2 fully saturated rings. The number of methoxy groups -OCH3 is 2. The number of rotatable bonds is 7. The number of fused-ring (bicyclic) bond motifs is 2. The first-order valence-corrected chi connectivity index (χ1v) is 13.7. The van der Waals surface area contributed by atoms with E-state index < -0.39 is 85.3 Å². The molecule has 0 spiro atoms. The molecule has 3 aliphatic rings. The molecule has 2 heterocycles. The second-order valence-corrected chi connectivity index (χ2v) is 10.8. The smallest absolute Gasteiger partial charge is 0.229 e. The fourth-order valence-electron chi connectivity index (χ4n) is 5.44. The van der Waals surface area contributed by atoms with Crippen molar-refractivity contribution in [1.29, 1.82) is 0 Å². The lowest BCUT2D eigenvalue weighted by atomic mass is 9.82. The van der Waals surface area contributed by atoms with Crippen LogP contribution in [0.5, 0.6) is 23.0 Å². The van der Waals surface area contributed by atoms with E-state index in [0.717, 1.165) is 0 Å². The van der Waals surface area contributed by atoms with Gasteiger partial charge < -0.3 is 64.2 Å². The Hall–Kier alpha value is -3.38. The van der Waals surface area contributed by atoms with Crippen molar-refractivity contribution in [3.05, 3.63) is 46.0 Å². The minimum atomic E-state index is -1.82. The molecular weight excluding hydrogens is 588 g/mol. The van der Waals surface area contributed by atoms with Gasteiger partial charge in [0, 0.05) is 22.8 Å². The van der Waals surface area contributed by atoms with Gasteiger partial charge in [-0.05, 0) is 26.0 Å². The van der Waals surface area contributed by atoms with Gasteiger partial charge in [-0.25, -0.2) is 0 Å². The summed E-state index contributed by atoms with van der Waals surface area (Å²) in [5.74, 6) is -1.74. The number of hydrogen-bond acceptors (Lipinski definition) is 15. The largest absolute Gasteiger partial charge is 0.507 e. The standard InChI is InChI=1S/C29H34O15/c1-9-14(7-13-18(19(9)30)23(34)17-12(21(13)32)5-11(39-3)6-15(17)40-4)43-29-27(38)25(36)22(33)16(44-29)8-41-28-26(37)24(35)20(31)10(2)42-28/h5-7,10,16,20,22,24-31,33,35-38H,8H2,1-4H3/t10-,16+,20-,22+,24+,25-,26+,27+,28+,29+/m0/s1. The third-order valence-corrected chi connectivity index (χ3v) is 8.13. The molecule has 15 nitrogen and oxygen atoms in total. The summed E-state index contributed by atoms with van der Waals surface area (Å²) in [6.07, 6.45) is -15.3. The Morgan fingerprint density at radius 2 is 1.36 bits per heavy atom. The van der Waals surface area contributed by atoms with Crippen LogP contribution in [0, 0.1) is 6.92 Å². The van der Waals surface area contributed by atoms with Gasteiger partial charge >= 0.3 is 0 Å². The van der Waals surface area contributed by atoms with Crippen LogP contribution in [0.15, 0.2) is 18.2 Å². The van der Waals surface area contributed by atoms with Crippen LogP contribution in [0.4, 0.5) is 0 Å². The third kappa shape index (κ3) is 5.29. The van der Waals surface area contributed by atoms with E-state index in [1.165, 1.54) is 46.3 Å². The summed E-state index contributed by atoms with van der Waals surface area (Å²) in [6, 6.07) is 3.99. The molecule has 0 bridgehead atoms. The van der Waals surface area contributed by atoms with Crippen LogP contribution in [0.1, 0.15) is 44.3 Å². The maximum atomic E-state index is 13.6. The highest BCUT2D eigenvalue weighted by molar-refractivity contribution is 6.30. The second kappa shape index (κ2) is 12.2. The number of carbonyl (C=O) groups excluding carboxylic acids is 2. The second-order valence-electron chi connectivity index (χ2n) is 10.8. The fourth-order valence-corrected chi connectivity index (χ4v) is 5.44. The van der Waals surface area contributed by atoms with E-state index in [0.29, 0.717) is 0 Å². The third-order valence-electron chi connectivity index (χ3n) is 8.13. The Balaban J connectivity index is 1.40. The number of hydrogen-bond donors (Lipinski definition) is 7. The predicted molar refractivity (Wildman–Crippen MR) is 145 cm³/mol. The van der Waals surface area contributed by atoms with Crippen LogP contribution in [0.25, 0.3) is 0 Å². The van der Waals surface area contributed by atoms with E-state index in [2.05, 4.69) is 0 Å². The Labute approximate surface area is 250 Å². The number of ether oxygens (including phenoxy) is 6. The number of aromatic hydroxyl groups is 1. The highest BCUT2D eigenvalue weighted by atomic mass is 16.7. The van der Waals surface area contributed by atoms with Crippen molar-refractivity contribution in [2.75, 3.05) is 20.8 Å². The quantitative estimate of drug-likeness (QED) is 0.159. The van der Waals surface area contributed by atoms with Crippen molar-refractivity contribution in [3.63, 3.8) is 0 Å². The van der Waals surface area contributed by atoms with Crippen LogP contribution < -0.4 is 14.2 Å². The first kappa shape index (κ1) is 32.0. The highest BCUT2D eigenvalue weighted by Crippen LogP contribution is 2.43. The van der Waals surface area contributed by atoms with E-state index >= 15 is 0 Å². The molecule has 0 amide bonds. The normalized spacial score (nSPS) is 33.4. The summed E-state index contributed by atoms with van der Waals surface area (Å²) in [5, 5.41) is 72.9. The number of ketones is 2. The predicted octanol–water partition coefficient (Wildman–Crippen LogP) is -1.48. The molecule has 0 aromatic heterocycles. The minimum absolute atomic E-state index is 0.00491. The van der Waals surface area contributed by atoms with Gasteiger partial charge in [0.25, 0.3) is 0 Å². The first-order chi connectivity index (χ1) is 20.8. The summed E-state index contributed by atoms with van der Waals surface area (Å²) in [4.78, 5) is 27.1. The lowest BCUT2D eigenvalue weighted by molar-refractivity contribution is -0.318. The molecule has 2 aromatic rings. The Kier molecular flexibility index (Phi) is 8.87. The van der Waals surface area contributed by atoms with Gasteiger partial charge in [-0.2, -0.15) is 0 Å². The number of aliphatic hydroxyl groups excluding tert-OH is 6. The fraction of sp³-hybridized carbons (Fsp3) is 0.517. The average Bonchev–Trinajstić information content (AvgIpc) is 3.01. The van der Waals surface area contributed by atoms with E-state index in [4.69, 9.17) is 28.4 Å². The Morgan fingerprint density at radius 1 is 0.727 bits per heavy atom. The summed E-state index contributed by atoms with van der Waals surface area (Å²) in [5.41, 5.74) is -0.569. The lowest BCUT2D eigenvalue weighted by Gasteiger charge is -2.42. The zero-order valence-electron chi connectivity index (χ0n) is 24.1. The van der Waals surface area contributed by atoms with Crippen LogP contribution in [0.2, 0.25) is 0 Å². The molecular formula is C29H34O15. The maximum Gasteiger partial charge on any atom is 0.229 e. The summed E-state index contributed by atoms with van der Waals surface area (Å²) in [6.45, 7) is 2.32. The van der Waals surface area contributed by atoms with Crippen molar-refractivity contribution >= 4 is 11.6 Å². The average molecular weight is 623 g/mol. The molecule has 5 rings (SSSR count). The highest BCUT2D eigenvalue weighted by Gasteiger charge is 2.48. The number of carbonyl (C=O) groups is 2. The molecule has 240 valence electrons. The van der Waals surface area contributed by atoms with Gasteiger partial charge in [0.2, 0.25) is 12.1 Å². The van der Waals surface area contributed by atoms with Crippen molar-refractivity contribution in [2.24, 2.45) is 0 Å². The maximum absolute atomic E-state index is 13.6. The zero-order valence-corrected chi connectivity index (χ0v) is 24.1. The van der Waals surface area contributed by atoms with Crippen molar-refractivity contribution in [3.8, 4) is 23.0 Å². The van der Waals surface area contributed by atoms with Gasteiger partial charge in [0.1, 0.15) is 65.7 Å². The minimum Gasteiger partial charge on any atom is -0.507 e. The van der Waals surface area contributed by atoms with Crippen molar-refractivity contribution in [2.45, 2.75) is 75.3 Å². The van der Waals surface area contributed by atoms with Crippen LogP contribution in [0.3, 0.4) is 0 Å². The van der Waals surface area contributed by atoms with Crippen molar-refractivity contribution < 1.29 is 73.8 Å². The van der Waals surface area contributed by atoms with Crippen molar-refractivity contribution in [1.82, 2.24) is 0 Å². The Bertz CT molecular complexity index is 1440. The molecule has 15 heteroatoms. The molecule has 2 aromatic carbocycles. The van der Waals surface area contributed by atoms with Gasteiger partial charge in [0.05, 0.1) is 38.1 Å². The van der Waals surface area contributed by atoms with Crippen LogP contribution >= 0.6 is 0 Å². The zero-order chi connectivity index (χ0) is 32.2. The summed E-state index contributed by atoms with van der Waals surface area (Å²) >= 11 is 0. The first-order valence-electron chi connectivity index (χ1n) is 13.7. The number of benzene rings is 2. The molecule has 0 saturated carbocycles. The van der Waals surface area contributed by atoms with Crippen LogP contribution in [-0.4, -0.2) is 130 Å². The van der Waals surface area contributed by atoms with Gasteiger partial charge in [-0.3, -0.25) is 9.59 Å². The van der Waals surface area contributed by atoms with E-state index in [1.807, 2.05) is 0 Å². The number of phenolic OH excluding ortho intramolecular Hbond substituents is 1. The van der Waals surface area contributed by atoms with E-state index in [-0.39, 0.29) is 45.1 Å². The SMILES string of the molecule is COc1cc(OC)c2c(c1)C(=O)c1cc(O[C@@H]3O[C@H](CO[C@@H]4O[C@@H](C)[C@H](O)[C@@H](O)[C@H]4O)[C@@H](O)[C@H](O)[C@H]3O)c(C)c(O)c1C2=O. The lowest BCUT2D eigenvalue weighted by Crippen LogP contribution is -2.61. The number of aliphatic hydroxyl groups is 6. The molecule has 44 heavy (non-hydrogen) atoms. The number of phenols is 1. The Morgan fingerprint density at radius 3 is 2.02 bits per heavy atom. The summed E-state index contributed by atoms with van der Waals surface area (Å²) < 4.78 is 32.8. The van der Waals surface area contributed by atoms with E-state index in [1.54, 1.807) is 0 Å². The van der Waals surface area contributed by atoms with E-state index in [9.17, 15) is 45.3 Å². The molecule has 0 unspecified atom stereocenters.